The second-order valence-electron chi connectivity index (χ2n) is 4.85. The molecule has 0 radical (unpaired) electrons. The number of amides is 1. The van der Waals surface area contributed by atoms with Gasteiger partial charge in [0.05, 0.1) is 7.11 Å². The number of carbonyl (C=O) groups excluding carboxylic acids is 1. The molecule has 1 amide bonds. The molecule has 0 bridgehead atoms. The summed E-state index contributed by atoms with van der Waals surface area (Å²) in [4.78, 5) is 12.2. The van der Waals surface area contributed by atoms with E-state index in [-0.39, 0.29) is 17.4 Å². The zero-order valence-corrected chi connectivity index (χ0v) is 12.8. The SMILES string of the molecule is COc1cc(C(=O)NCc2ccccc2C)ccc1OC(F)F. The highest BCUT2D eigenvalue weighted by molar-refractivity contribution is 5.94. The first-order chi connectivity index (χ1) is 11.0. The number of benzene rings is 2. The lowest BCUT2D eigenvalue weighted by Gasteiger charge is -2.12. The van der Waals surface area contributed by atoms with Gasteiger partial charge in [-0.15, -0.1) is 0 Å². The molecule has 2 aromatic rings. The van der Waals surface area contributed by atoms with Gasteiger partial charge in [0.1, 0.15) is 0 Å². The quantitative estimate of drug-likeness (QED) is 0.885. The van der Waals surface area contributed by atoms with Crippen molar-refractivity contribution in [2.75, 3.05) is 7.11 Å². The van der Waals surface area contributed by atoms with Crippen molar-refractivity contribution >= 4 is 5.91 Å². The van der Waals surface area contributed by atoms with Crippen LogP contribution in [0.5, 0.6) is 11.5 Å². The highest BCUT2D eigenvalue weighted by Crippen LogP contribution is 2.29. The van der Waals surface area contributed by atoms with Crippen LogP contribution >= 0.6 is 0 Å². The molecule has 4 nitrogen and oxygen atoms in total. The summed E-state index contributed by atoms with van der Waals surface area (Å²) in [6.45, 7) is -0.617. The molecule has 1 N–H and O–H groups in total. The third-order valence-electron chi connectivity index (χ3n) is 3.34. The molecule has 0 heterocycles. The molecular weight excluding hydrogens is 304 g/mol. The lowest BCUT2D eigenvalue weighted by Crippen LogP contribution is -2.23. The number of nitrogens with one attached hydrogen (secondary N) is 1. The summed E-state index contributed by atoms with van der Waals surface area (Å²) < 4.78 is 33.9. The molecule has 0 aliphatic carbocycles. The molecule has 0 atom stereocenters. The Morgan fingerprint density at radius 2 is 1.91 bits per heavy atom. The normalized spacial score (nSPS) is 10.5. The minimum atomic E-state index is -2.95. The van der Waals surface area contributed by atoms with E-state index in [2.05, 4.69) is 10.1 Å². The summed E-state index contributed by atoms with van der Waals surface area (Å²) in [6.07, 6.45) is 0. The van der Waals surface area contributed by atoms with E-state index < -0.39 is 6.61 Å². The summed E-state index contributed by atoms with van der Waals surface area (Å²) >= 11 is 0. The van der Waals surface area contributed by atoms with Crippen LogP contribution < -0.4 is 14.8 Å². The molecular formula is C17H17F2NO3. The predicted octanol–water partition coefficient (Wildman–Crippen LogP) is 3.54. The smallest absolute Gasteiger partial charge is 0.387 e. The third kappa shape index (κ3) is 4.42. The largest absolute Gasteiger partial charge is 0.493 e. The number of hydrogen-bond acceptors (Lipinski definition) is 3. The number of ether oxygens (including phenoxy) is 2. The minimum absolute atomic E-state index is 0.0776. The van der Waals surface area contributed by atoms with Crippen LogP contribution in [0, 0.1) is 6.92 Å². The maximum absolute atomic E-state index is 12.3. The fourth-order valence-corrected chi connectivity index (χ4v) is 2.09. The number of methoxy groups -OCH3 is 1. The summed E-state index contributed by atoms with van der Waals surface area (Å²) in [7, 11) is 1.32. The van der Waals surface area contributed by atoms with Crippen molar-refractivity contribution in [2.45, 2.75) is 20.1 Å². The monoisotopic (exact) mass is 321 g/mol. The molecule has 0 saturated carbocycles. The number of aryl methyl sites for hydroxylation is 1. The van der Waals surface area contributed by atoms with Crippen LogP contribution in [0.1, 0.15) is 21.5 Å². The fourth-order valence-electron chi connectivity index (χ4n) is 2.09. The Hall–Kier alpha value is -2.63. The summed E-state index contributed by atoms with van der Waals surface area (Å²) in [5.41, 5.74) is 2.38. The molecule has 23 heavy (non-hydrogen) atoms. The lowest BCUT2D eigenvalue weighted by molar-refractivity contribution is -0.0512. The Morgan fingerprint density at radius 1 is 1.17 bits per heavy atom. The van der Waals surface area contributed by atoms with Gasteiger partial charge in [0.25, 0.3) is 5.91 Å². The van der Waals surface area contributed by atoms with Crippen LogP contribution in [0.2, 0.25) is 0 Å². The Kier molecular flexibility index (Phi) is 5.51. The zero-order valence-electron chi connectivity index (χ0n) is 12.8. The number of alkyl halides is 2. The maximum atomic E-state index is 12.3. The van der Waals surface area contributed by atoms with E-state index in [9.17, 15) is 13.6 Å². The number of hydrogen-bond donors (Lipinski definition) is 1. The summed E-state index contributed by atoms with van der Waals surface area (Å²) in [6, 6.07) is 11.8. The topological polar surface area (TPSA) is 47.6 Å². The first-order valence-electron chi connectivity index (χ1n) is 6.97. The highest BCUT2D eigenvalue weighted by Gasteiger charge is 2.14. The maximum Gasteiger partial charge on any atom is 0.387 e. The van der Waals surface area contributed by atoms with Crippen molar-refractivity contribution in [3.05, 3.63) is 59.2 Å². The Morgan fingerprint density at radius 3 is 2.57 bits per heavy atom. The van der Waals surface area contributed by atoms with Crippen LogP contribution in [-0.2, 0) is 6.54 Å². The third-order valence-corrected chi connectivity index (χ3v) is 3.34. The van der Waals surface area contributed by atoms with Crippen molar-refractivity contribution in [3.8, 4) is 11.5 Å². The molecule has 2 rings (SSSR count). The lowest BCUT2D eigenvalue weighted by atomic mass is 10.1. The molecule has 0 saturated heterocycles. The molecule has 0 aliphatic heterocycles. The van der Waals surface area contributed by atoms with Crippen molar-refractivity contribution in [3.63, 3.8) is 0 Å². The van der Waals surface area contributed by atoms with Crippen LogP contribution in [-0.4, -0.2) is 19.6 Å². The second-order valence-corrected chi connectivity index (χ2v) is 4.85. The Bertz CT molecular complexity index is 689. The first kappa shape index (κ1) is 16.7. The molecule has 6 heteroatoms. The van der Waals surface area contributed by atoms with Gasteiger partial charge in [0.2, 0.25) is 0 Å². The van der Waals surface area contributed by atoms with E-state index in [0.717, 1.165) is 11.1 Å². The van der Waals surface area contributed by atoms with Crippen LogP contribution in [0.15, 0.2) is 42.5 Å². The fraction of sp³-hybridized carbons (Fsp3) is 0.235. The summed E-state index contributed by atoms with van der Waals surface area (Å²) in [5, 5.41) is 2.78. The van der Waals surface area contributed by atoms with Crippen molar-refractivity contribution in [2.24, 2.45) is 0 Å². The first-order valence-corrected chi connectivity index (χ1v) is 6.97. The van der Waals surface area contributed by atoms with Crippen LogP contribution in [0.25, 0.3) is 0 Å². The van der Waals surface area contributed by atoms with Gasteiger partial charge >= 0.3 is 6.61 Å². The molecule has 0 aliphatic rings. The highest BCUT2D eigenvalue weighted by atomic mass is 19.3. The predicted molar refractivity (Wildman–Crippen MR) is 82.0 cm³/mol. The number of carbonyl (C=O) groups is 1. The Labute approximate surface area is 133 Å². The molecule has 2 aromatic carbocycles. The molecule has 0 aromatic heterocycles. The second kappa shape index (κ2) is 7.58. The molecule has 122 valence electrons. The van der Waals surface area contributed by atoms with E-state index in [1.807, 2.05) is 31.2 Å². The molecule has 0 spiro atoms. The van der Waals surface area contributed by atoms with Crippen LogP contribution in [0.3, 0.4) is 0 Å². The average molecular weight is 321 g/mol. The van der Waals surface area contributed by atoms with Gasteiger partial charge < -0.3 is 14.8 Å². The van der Waals surface area contributed by atoms with Gasteiger partial charge in [0, 0.05) is 12.1 Å². The van der Waals surface area contributed by atoms with Gasteiger partial charge in [-0.05, 0) is 36.2 Å². The van der Waals surface area contributed by atoms with Gasteiger partial charge in [-0.1, -0.05) is 24.3 Å². The molecule has 0 unspecified atom stereocenters. The number of halogens is 2. The van der Waals surface area contributed by atoms with Gasteiger partial charge in [-0.2, -0.15) is 8.78 Å². The number of rotatable bonds is 6. The van der Waals surface area contributed by atoms with Gasteiger partial charge in [0.15, 0.2) is 11.5 Å². The van der Waals surface area contributed by atoms with Crippen molar-refractivity contribution in [1.82, 2.24) is 5.32 Å². The van der Waals surface area contributed by atoms with Crippen LogP contribution in [0.4, 0.5) is 8.78 Å². The standard InChI is InChI=1S/C17H17F2NO3/c1-11-5-3-4-6-13(11)10-20-16(21)12-7-8-14(23-17(18)19)15(9-12)22-2/h3-9,17H,10H2,1-2H3,(H,20,21). The van der Waals surface area contributed by atoms with Gasteiger partial charge in [-0.3, -0.25) is 4.79 Å². The molecule has 0 fully saturated rings. The van der Waals surface area contributed by atoms with E-state index >= 15 is 0 Å². The van der Waals surface area contributed by atoms with Gasteiger partial charge in [-0.25, -0.2) is 0 Å². The van der Waals surface area contributed by atoms with Crippen molar-refractivity contribution < 1.29 is 23.0 Å². The van der Waals surface area contributed by atoms with E-state index in [4.69, 9.17) is 4.74 Å². The summed E-state index contributed by atoms with van der Waals surface area (Å²) in [5.74, 6) is -0.359. The van der Waals surface area contributed by atoms with E-state index in [1.54, 1.807) is 0 Å². The average Bonchev–Trinajstić information content (AvgIpc) is 2.53. The minimum Gasteiger partial charge on any atom is -0.493 e. The van der Waals surface area contributed by atoms with Crippen molar-refractivity contribution in [1.29, 1.82) is 0 Å². The van der Waals surface area contributed by atoms with E-state index in [0.29, 0.717) is 12.1 Å². The van der Waals surface area contributed by atoms with E-state index in [1.165, 1.54) is 25.3 Å². The Balaban J connectivity index is 2.09. The zero-order chi connectivity index (χ0) is 16.8.